The summed E-state index contributed by atoms with van der Waals surface area (Å²) in [5.74, 6) is 0.562. The molecule has 2 nitrogen and oxygen atoms in total. The van der Waals surface area contributed by atoms with Crippen LogP contribution in [0.2, 0.25) is 0 Å². The summed E-state index contributed by atoms with van der Waals surface area (Å²) in [6.45, 7) is 3.80. The van der Waals surface area contributed by atoms with Crippen molar-refractivity contribution in [1.29, 1.82) is 0 Å². The molecule has 0 saturated heterocycles. The Morgan fingerprint density at radius 3 is 2.36 bits per heavy atom. The van der Waals surface area contributed by atoms with Crippen LogP contribution < -0.4 is 5.73 Å². The van der Waals surface area contributed by atoms with E-state index in [9.17, 15) is 4.79 Å². The molecule has 0 aromatic rings. The Morgan fingerprint density at radius 2 is 2.00 bits per heavy atom. The van der Waals surface area contributed by atoms with Gasteiger partial charge in [-0.3, -0.25) is 4.79 Å². The lowest BCUT2D eigenvalue weighted by molar-refractivity contribution is -0.114. The highest BCUT2D eigenvalue weighted by Crippen LogP contribution is 2.35. The normalized spacial score (nSPS) is 19.5. The van der Waals surface area contributed by atoms with Gasteiger partial charge in [-0.1, -0.05) is 5.57 Å². The summed E-state index contributed by atoms with van der Waals surface area (Å²) in [6.07, 6.45) is 3.71. The predicted octanol–water partition coefficient (Wildman–Crippen LogP) is 1.61. The molecule has 1 amide bonds. The molecule has 11 heavy (non-hydrogen) atoms. The molecule has 1 aliphatic carbocycles. The molecule has 1 aliphatic rings. The molecule has 0 atom stereocenters. The smallest absolute Gasteiger partial charge is 0.244 e. The van der Waals surface area contributed by atoms with Crippen LogP contribution in [0.3, 0.4) is 0 Å². The Hall–Kier alpha value is -0.790. The molecule has 1 saturated carbocycles. The SMILES string of the molecule is CC(CC1CC1)=C(C)C(N)=O. The van der Waals surface area contributed by atoms with E-state index in [2.05, 4.69) is 0 Å². The third-order valence-electron chi connectivity index (χ3n) is 2.30. The van der Waals surface area contributed by atoms with Crippen molar-refractivity contribution in [2.75, 3.05) is 0 Å². The molecule has 0 aliphatic heterocycles. The minimum absolute atomic E-state index is 0.275. The van der Waals surface area contributed by atoms with Gasteiger partial charge in [0.15, 0.2) is 0 Å². The van der Waals surface area contributed by atoms with Crippen LogP contribution in [-0.2, 0) is 4.79 Å². The molecule has 0 unspecified atom stereocenters. The largest absolute Gasteiger partial charge is 0.366 e. The van der Waals surface area contributed by atoms with Crippen molar-refractivity contribution >= 4 is 5.91 Å². The average Bonchev–Trinajstić information content (AvgIpc) is 2.69. The number of rotatable bonds is 3. The summed E-state index contributed by atoms with van der Waals surface area (Å²) >= 11 is 0. The molecule has 0 radical (unpaired) electrons. The van der Waals surface area contributed by atoms with Crippen molar-refractivity contribution in [2.45, 2.75) is 33.1 Å². The van der Waals surface area contributed by atoms with Crippen LogP contribution in [0.4, 0.5) is 0 Å². The number of carbonyl (C=O) groups is 1. The average molecular weight is 153 g/mol. The third kappa shape index (κ3) is 2.37. The van der Waals surface area contributed by atoms with E-state index in [0.29, 0.717) is 0 Å². The Morgan fingerprint density at radius 1 is 1.45 bits per heavy atom. The van der Waals surface area contributed by atoms with E-state index in [1.54, 1.807) is 6.92 Å². The van der Waals surface area contributed by atoms with Gasteiger partial charge >= 0.3 is 0 Å². The van der Waals surface area contributed by atoms with Crippen LogP contribution in [0.15, 0.2) is 11.1 Å². The maximum Gasteiger partial charge on any atom is 0.244 e. The number of amides is 1. The first-order chi connectivity index (χ1) is 5.11. The van der Waals surface area contributed by atoms with Crippen LogP contribution in [0.25, 0.3) is 0 Å². The van der Waals surface area contributed by atoms with E-state index in [-0.39, 0.29) is 5.91 Å². The van der Waals surface area contributed by atoms with Crippen LogP contribution in [0, 0.1) is 5.92 Å². The van der Waals surface area contributed by atoms with Gasteiger partial charge in [0.2, 0.25) is 5.91 Å². The zero-order chi connectivity index (χ0) is 8.43. The van der Waals surface area contributed by atoms with E-state index in [4.69, 9.17) is 5.73 Å². The number of primary amides is 1. The van der Waals surface area contributed by atoms with Gasteiger partial charge in [-0.25, -0.2) is 0 Å². The van der Waals surface area contributed by atoms with E-state index in [0.717, 1.165) is 17.9 Å². The zero-order valence-corrected chi connectivity index (χ0v) is 7.18. The zero-order valence-electron chi connectivity index (χ0n) is 7.18. The molecule has 1 rings (SSSR count). The van der Waals surface area contributed by atoms with Gasteiger partial charge in [0.25, 0.3) is 0 Å². The molecule has 0 heterocycles. The summed E-state index contributed by atoms with van der Waals surface area (Å²) in [6, 6.07) is 0. The van der Waals surface area contributed by atoms with Crippen molar-refractivity contribution in [2.24, 2.45) is 11.7 Å². The summed E-state index contributed by atoms with van der Waals surface area (Å²) in [7, 11) is 0. The van der Waals surface area contributed by atoms with Crippen molar-refractivity contribution < 1.29 is 4.79 Å². The monoisotopic (exact) mass is 153 g/mol. The van der Waals surface area contributed by atoms with Gasteiger partial charge in [-0.05, 0) is 39.0 Å². The molecule has 0 bridgehead atoms. The molecule has 0 aromatic heterocycles. The predicted molar refractivity (Wildman–Crippen MR) is 44.9 cm³/mol. The lowest BCUT2D eigenvalue weighted by atomic mass is 10.1. The van der Waals surface area contributed by atoms with Crippen molar-refractivity contribution in [3.63, 3.8) is 0 Å². The Bertz CT molecular complexity index is 202. The van der Waals surface area contributed by atoms with E-state index in [1.165, 1.54) is 18.4 Å². The number of carbonyl (C=O) groups excluding carboxylic acids is 1. The second-order valence-electron chi connectivity index (χ2n) is 3.42. The van der Waals surface area contributed by atoms with E-state index in [1.807, 2.05) is 6.92 Å². The number of allylic oxidation sites excluding steroid dienone is 1. The topological polar surface area (TPSA) is 43.1 Å². The van der Waals surface area contributed by atoms with Gasteiger partial charge in [-0.2, -0.15) is 0 Å². The first-order valence-corrected chi connectivity index (χ1v) is 4.07. The maximum atomic E-state index is 10.7. The minimum Gasteiger partial charge on any atom is -0.366 e. The van der Waals surface area contributed by atoms with Crippen LogP contribution in [-0.4, -0.2) is 5.91 Å². The van der Waals surface area contributed by atoms with E-state index >= 15 is 0 Å². The first kappa shape index (κ1) is 8.31. The summed E-state index contributed by atoms with van der Waals surface area (Å²) in [5.41, 5.74) is 7.05. The molecular weight excluding hydrogens is 138 g/mol. The molecular formula is C9H15NO. The minimum atomic E-state index is -0.275. The van der Waals surface area contributed by atoms with Crippen LogP contribution >= 0.6 is 0 Å². The first-order valence-electron chi connectivity index (χ1n) is 4.07. The molecule has 0 aromatic carbocycles. The van der Waals surface area contributed by atoms with E-state index < -0.39 is 0 Å². The summed E-state index contributed by atoms with van der Waals surface area (Å²) < 4.78 is 0. The molecule has 62 valence electrons. The fourth-order valence-electron chi connectivity index (χ4n) is 1.12. The lowest BCUT2D eigenvalue weighted by Crippen LogP contribution is -2.13. The molecule has 0 spiro atoms. The standard InChI is InChI=1S/C9H15NO/c1-6(5-8-3-4-8)7(2)9(10)11/h8H,3-5H2,1-2H3,(H2,10,11). The third-order valence-corrected chi connectivity index (χ3v) is 2.30. The summed E-state index contributed by atoms with van der Waals surface area (Å²) in [4.78, 5) is 10.7. The quantitative estimate of drug-likeness (QED) is 0.615. The second-order valence-corrected chi connectivity index (χ2v) is 3.42. The van der Waals surface area contributed by atoms with Gasteiger partial charge in [-0.15, -0.1) is 0 Å². The Labute approximate surface area is 67.5 Å². The lowest BCUT2D eigenvalue weighted by Gasteiger charge is -2.02. The highest BCUT2D eigenvalue weighted by Gasteiger charge is 2.22. The Balaban J connectivity index is 2.52. The number of hydrogen-bond donors (Lipinski definition) is 1. The van der Waals surface area contributed by atoms with Crippen LogP contribution in [0.1, 0.15) is 33.1 Å². The van der Waals surface area contributed by atoms with Gasteiger partial charge < -0.3 is 5.73 Å². The molecule has 2 heteroatoms. The highest BCUT2D eigenvalue weighted by atomic mass is 16.1. The second kappa shape index (κ2) is 3.07. The van der Waals surface area contributed by atoms with Crippen molar-refractivity contribution in [3.8, 4) is 0 Å². The van der Waals surface area contributed by atoms with Gasteiger partial charge in [0.05, 0.1) is 0 Å². The van der Waals surface area contributed by atoms with Crippen LogP contribution in [0.5, 0.6) is 0 Å². The van der Waals surface area contributed by atoms with Gasteiger partial charge in [0, 0.05) is 5.57 Å². The highest BCUT2D eigenvalue weighted by molar-refractivity contribution is 5.91. The number of nitrogens with two attached hydrogens (primary N) is 1. The van der Waals surface area contributed by atoms with Gasteiger partial charge in [0.1, 0.15) is 0 Å². The maximum absolute atomic E-state index is 10.7. The fraction of sp³-hybridized carbons (Fsp3) is 0.667. The van der Waals surface area contributed by atoms with Crippen molar-refractivity contribution in [1.82, 2.24) is 0 Å². The Kier molecular flexibility index (Phi) is 2.32. The molecule has 1 fully saturated rings. The fourth-order valence-corrected chi connectivity index (χ4v) is 1.12. The number of hydrogen-bond acceptors (Lipinski definition) is 1. The molecule has 2 N–H and O–H groups in total. The summed E-state index contributed by atoms with van der Waals surface area (Å²) in [5, 5.41) is 0. The van der Waals surface area contributed by atoms with Crippen molar-refractivity contribution in [3.05, 3.63) is 11.1 Å².